The Kier molecular flexibility index (Phi) is 4.93. The number of hydrogen-bond acceptors (Lipinski definition) is 1. The van der Waals surface area contributed by atoms with E-state index in [-0.39, 0.29) is 6.10 Å². The van der Waals surface area contributed by atoms with Gasteiger partial charge in [0.1, 0.15) is 0 Å². The third-order valence-electron chi connectivity index (χ3n) is 2.99. The second kappa shape index (κ2) is 6.05. The Labute approximate surface area is 81.5 Å². The van der Waals surface area contributed by atoms with Crippen molar-refractivity contribution in [2.75, 3.05) is 0 Å². The molecule has 1 aliphatic rings. The minimum atomic E-state index is -0.257. The maximum absolute atomic E-state index is 9.44. The molecule has 0 spiro atoms. The molecule has 1 nitrogen and oxygen atoms in total. The van der Waals surface area contributed by atoms with Gasteiger partial charge in [-0.2, -0.15) is 0 Å². The van der Waals surface area contributed by atoms with Crippen molar-refractivity contribution < 1.29 is 5.11 Å². The maximum Gasteiger partial charge on any atom is 0.0649 e. The van der Waals surface area contributed by atoms with Crippen LogP contribution in [0.3, 0.4) is 0 Å². The van der Waals surface area contributed by atoms with Crippen LogP contribution in [0.15, 0.2) is 0 Å². The molecule has 0 aromatic carbocycles. The average molecular weight is 180 g/mol. The summed E-state index contributed by atoms with van der Waals surface area (Å²) in [6.45, 7) is 0. The summed E-state index contributed by atoms with van der Waals surface area (Å²) in [6.07, 6.45) is 14.4. The van der Waals surface area contributed by atoms with Gasteiger partial charge in [-0.1, -0.05) is 32.1 Å². The molecule has 0 amide bonds. The van der Waals surface area contributed by atoms with E-state index in [1.54, 1.807) is 0 Å². The highest BCUT2D eigenvalue weighted by atomic mass is 16.3. The molecule has 0 saturated heterocycles. The van der Waals surface area contributed by atoms with E-state index in [4.69, 9.17) is 6.42 Å². The molecule has 1 fully saturated rings. The van der Waals surface area contributed by atoms with Gasteiger partial charge in [0.05, 0.1) is 6.10 Å². The summed E-state index contributed by atoms with van der Waals surface area (Å²) in [4.78, 5) is 0. The largest absolute Gasteiger partial charge is 0.392 e. The monoisotopic (exact) mass is 180 g/mol. The molecule has 1 N–H and O–H groups in total. The van der Waals surface area contributed by atoms with Crippen molar-refractivity contribution in [3.63, 3.8) is 0 Å². The smallest absolute Gasteiger partial charge is 0.0649 e. The van der Waals surface area contributed by atoms with Crippen molar-refractivity contribution in [2.45, 2.75) is 57.5 Å². The summed E-state index contributed by atoms with van der Waals surface area (Å²) in [5, 5.41) is 9.44. The van der Waals surface area contributed by atoms with Gasteiger partial charge in [0.25, 0.3) is 0 Å². The van der Waals surface area contributed by atoms with Crippen LogP contribution >= 0.6 is 0 Å². The molecule has 0 heterocycles. The fourth-order valence-electron chi connectivity index (χ4n) is 2.14. The quantitative estimate of drug-likeness (QED) is 0.659. The number of aliphatic hydroxyl groups excluding tert-OH is 1. The molecule has 0 bridgehead atoms. The molecular formula is C12H20O. The average Bonchev–Trinajstić information content (AvgIpc) is 2.17. The van der Waals surface area contributed by atoms with Crippen molar-refractivity contribution in [1.82, 2.24) is 0 Å². The van der Waals surface area contributed by atoms with Gasteiger partial charge >= 0.3 is 0 Å². The van der Waals surface area contributed by atoms with Crippen molar-refractivity contribution >= 4 is 0 Å². The molecule has 1 unspecified atom stereocenters. The molecule has 1 heteroatoms. The molecule has 1 rings (SSSR count). The number of terminal acetylenes is 1. The Morgan fingerprint density at radius 3 is 2.62 bits per heavy atom. The Balaban J connectivity index is 2.07. The fourth-order valence-corrected chi connectivity index (χ4v) is 2.14. The Hall–Kier alpha value is -0.480. The molecule has 0 aromatic heterocycles. The Morgan fingerprint density at radius 2 is 2.00 bits per heavy atom. The highest BCUT2D eigenvalue weighted by Gasteiger charge is 2.14. The second-order valence-corrected chi connectivity index (χ2v) is 4.14. The van der Waals surface area contributed by atoms with Gasteiger partial charge in [-0.05, 0) is 18.8 Å². The third kappa shape index (κ3) is 4.33. The first-order chi connectivity index (χ1) is 6.33. The normalized spacial score (nSPS) is 20.9. The SMILES string of the molecule is C#CCC(O)CCC1CCCCC1. The Bertz CT molecular complexity index is 162. The second-order valence-electron chi connectivity index (χ2n) is 4.14. The molecule has 0 radical (unpaired) electrons. The minimum absolute atomic E-state index is 0.257. The van der Waals surface area contributed by atoms with Crippen molar-refractivity contribution in [2.24, 2.45) is 5.92 Å². The molecular weight excluding hydrogens is 160 g/mol. The highest BCUT2D eigenvalue weighted by molar-refractivity contribution is 4.86. The van der Waals surface area contributed by atoms with Gasteiger partial charge in [-0.15, -0.1) is 12.3 Å². The molecule has 13 heavy (non-hydrogen) atoms. The fraction of sp³-hybridized carbons (Fsp3) is 0.833. The van der Waals surface area contributed by atoms with E-state index in [0.29, 0.717) is 6.42 Å². The molecule has 0 aliphatic heterocycles. The molecule has 1 aliphatic carbocycles. The predicted molar refractivity (Wildman–Crippen MR) is 55.3 cm³/mol. The van der Waals surface area contributed by atoms with Crippen molar-refractivity contribution in [1.29, 1.82) is 0 Å². The van der Waals surface area contributed by atoms with E-state index in [1.807, 2.05) is 0 Å². The van der Waals surface area contributed by atoms with Crippen LogP contribution in [0.25, 0.3) is 0 Å². The maximum atomic E-state index is 9.44. The van der Waals surface area contributed by atoms with Crippen LogP contribution in [0.1, 0.15) is 51.4 Å². The topological polar surface area (TPSA) is 20.2 Å². The van der Waals surface area contributed by atoms with E-state index in [9.17, 15) is 5.11 Å². The van der Waals surface area contributed by atoms with Crippen LogP contribution in [-0.4, -0.2) is 11.2 Å². The highest BCUT2D eigenvalue weighted by Crippen LogP contribution is 2.27. The third-order valence-corrected chi connectivity index (χ3v) is 2.99. The molecule has 1 atom stereocenters. The summed E-state index contributed by atoms with van der Waals surface area (Å²) in [7, 11) is 0. The van der Waals surface area contributed by atoms with Gasteiger partial charge in [0.2, 0.25) is 0 Å². The van der Waals surface area contributed by atoms with Crippen LogP contribution in [0.2, 0.25) is 0 Å². The van der Waals surface area contributed by atoms with Crippen LogP contribution in [0.5, 0.6) is 0 Å². The zero-order valence-electron chi connectivity index (χ0n) is 8.34. The summed E-state index contributed by atoms with van der Waals surface area (Å²) in [5.74, 6) is 3.37. The molecule has 0 aromatic rings. The van der Waals surface area contributed by atoms with Crippen LogP contribution in [0, 0.1) is 18.3 Å². The number of hydrogen-bond donors (Lipinski definition) is 1. The first kappa shape index (κ1) is 10.6. The zero-order valence-corrected chi connectivity index (χ0v) is 8.34. The first-order valence-corrected chi connectivity index (χ1v) is 5.44. The van der Waals surface area contributed by atoms with E-state index in [0.717, 1.165) is 12.3 Å². The van der Waals surface area contributed by atoms with E-state index in [2.05, 4.69) is 5.92 Å². The van der Waals surface area contributed by atoms with E-state index >= 15 is 0 Å². The van der Waals surface area contributed by atoms with Gasteiger partial charge in [0, 0.05) is 6.42 Å². The first-order valence-electron chi connectivity index (χ1n) is 5.44. The summed E-state index contributed by atoms with van der Waals surface area (Å²) in [6, 6.07) is 0. The summed E-state index contributed by atoms with van der Waals surface area (Å²) >= 11 is 0. The lowest BCUT2D eigenvalue weighted by atomic mass is 9.85. The van der Waals surface area contributed by atoms with Crippen molar-refractivity contribution in [3.8, 4) is 12.3 Å². The molecule has 74 valence electrons. The van der Waals surface area contributed by atoms with Crippen molar-refractivity contribution in [3.05, 3.63) is 0 Å². The van der Waals surface area contributed by atoms with Gasteiger partial charge in [0.15, 0.2) is 0 Å². The van der Waals surface area contributed by atoms with Gasteiger partial charge in [-0.25, -0.2) is 0 Å². The minimum Gasteiger partial charge on any atom is -0.392 e. The summed E-state index contributed by atoms with van der Waals surface area (Å²) < 4.78 is 0. The van der Waals surface area contributed by atoms with Crippen LogP contribution < -0.4 is 0 Å². The number of aliphatic hydroxyl groups is 1. The lowest BCUT2D eigenvalue weighted by molar-refractivity contribution is 0.154. The van der Waals surface area contributed by atoms with Crippen LogP contribution in [-0.2, 0) is 0 Å². The standard InChI is InChI=1S/C12H20O/c1-2-6-12(13)10-9-11-7-4-3-5-8-11/h1,11-13H,3-10H2. The lowest BCUT2D eigenvalue weighted by Gasteiger charge is -2.22. The van der Waals surface area contributed by atoms with Gasteiger partial charge < -0.3 is 5.11 Å². The van der Waals surface area contributed by atoms with Crippen LogP contribution in [0.4, 0.5) is 0 Å². The Morgan fingerprint density at radius 1 is 1.31 bits per heavy atom. The van der Waals surface area contributed by atoms with E-state index < -0.39 is 0 Å². The zero-order chi connectivity index (χ0) is 9.52. The molecule has 1 saturated carbocycles. The predicted octanol–water partition coefficient (Wildman–Crippen LogP) is 2.73. The number of rotatable bonds is 4. The van der Waals surface area contributed by atoms with E-state index in [1.165, 1.54) is 38.5 Å². The lowest BCUT2D eigenvalue weighted by Crippen LogP contribution is -2.11. The van der Waals surface area contributed by atoms with Gasteiger partial charge in [-0.3, -0.25) is 0 Å². The summed E-state index contributed by atoms with van der Waals surface area (Å²) in [5.41, 5.74) is 0.